The standard InChI is InChI=1S/C8H8N4O5S/c1-11-7(9-10-8(11)18(2,15)16)5-3-4-6(17-5)12(13)14/h3-4H,1-2H3. The van der Waals surface area contributed by atoms with E-state index in [0.29, 0.717) is 0 Å². The Morgan fingerprint density at radius 3 is 2.50 bits per heavy atom. The van der Waals surface area contributed by atoms with E-state index < -0.39 is 20.6 Å². The van der Waals surface area contributed by atoms with Crippen LogP contribution in [0.3, 0.4) is 0 Å². The minimum Gasteiger partial charge on any atom is -0.397 e. The van der Waals surface area contributed by atoms with Gasteiger partial charge in [-0.15, -0.1) is 10.2 Å². The van der Waals surface area contributed by atoms with Gasteiger partial charge in [0.1, 0.15) is 4.92 Å². The second-order valence-corrected chi connectivity index (χ2v) is 5.44. The number of nitrogens with zero attached hydrogens (tertiary/aromatic N) is 4. The van der Waals surface area contributed by atoms with Crippen molar-refractivity contribution in [3.63, 3.8) is 0 Å². The molecule has 10 heteroatoms. The van der Waals surface area contributed by atoms with E-state index in [1.807, 2.05) is 0 Å². The maximum absolute atomic E-state index is 11.3. The van der Waals surface area contributed by atoms with Crippen molar-refractivity contribution in [2.45, 2.75) is 5.16 Å². The Balaban J connectivity index is 2.52. The molecule has 0 N–H and O–H groups in total. The average molecular weight is 272 g/mol. The van der Waals surface area contributed by atoms with Crippen molar-refractivity contribution in [3.05, 3.63) is 22.2 Å². The second-order valence-electron chi connectivity index (χ2n) is 3.53. The summed E-state index contributed by atoms with van der Waals surface area (Å²) in [7, 11) is -2.09. The van der Waals surface area contributed by atoms with Crippen LogP contribution in [0.4, 0.5) is 5.88 Å². The van der Waals surface area contributed by atoms with Crippen molar-refractivity contribution in [3.8, 4) is 11.6 Å². The molecule has 0 radical (unpaired) electrons. The summed E-state index contributed by atoms with van der Waals surface area (Å²) in [5.74, 6) is -0.274. The van der Waals surface area contributed by atoms with E-state index in [-0.39, 0.29) is 16.7 Å². The molecule has 0 atom stereocenters. The van der Waals surface area contributed by atoms with Crippen LogP contribution in [0.5, 0.6) is 0 Å². The molecule has 0 saturated carbocycles. The van der Waals surface area contributed by atoms with Gasteiger partial charge in [-0.2, -0.15) is 0 Å². The van der Waals surface area contributed by atoms with Gasteiger partial charge in [0, 0.05) is 13.3 Å². The summed E-state index contributed by atoms with van der Waals surface area (Å²) >= 11 is 0. The molecule has 0 aromatic carbocycles. The van der Waals surface area contributed by atoms with Crippen molar-refractivity contribution >= 4 is 15.7 Å². The van der Waals surface area contributed by atoms with Crippen LogP contribution in [0.1, 0.15) is 0 Å². The number of aromatic nitrogens is 3. The van der Waals surface area contributed by atoms with Gasteiger partial charge < -0.3 is 4.42 Å². The maximum atomic E-state index is 11.3. The van der Waals surface area contributed by atoms with Crippen LogP contribution < -0.4 is 0 Å². The first-order valence-electron chi connectivity index (χ1n) is 4.65. The van der Waals surface area contributed by atoms with E-state index in [9.17, 15) is 18.5 Å². The number of hydrogen-bond donors (Lipinski definition) is 0. The Hall–Kier alpha value is -2.23. The molecular weight excluding hydrogens is 264 g/mol. The minimum absolute atomic E-state index is 0.0756. The third kappa shape index (κ3) is 1.97. The molecule has 9 nitrogen and oxygen atoms in total. The maximum Gasteiger partial charge on any atom is 0.433 e. The molecule has 0 saturated heterocycles. The fourth-order valence-corrected chi connectivity index (χ4v) is 2.17. The van der Waals surface area contributed by atoms with Gasteiger partial charge in [-0.1, -0.05) is 0 Å². The van der Waals surface area contributed by atoms with Gasteiger partial charge in [0.15, 0.2) is 5.76 Å². The molecule has 96 valence electrons. The highest BCUT2D eigenvalue weighted by atomic mass is 32.2. The number of furan rings is 1. The summed E-state index contributed by atoms with van der Waals surface area (Å²) in [5, 5.41) is 17.4. The first kappa shape index (κ1) is 12.2. The van der Waals surface area contributed by atoms with Crippen LogP contribution in [0, 0.1) is 10.1 Å². The lowest BCUT2D eigenvalue weighted by Gasteiger charge is -1.98. The Morgan fingerprint density at radius 1 is 1.39 bits per heavy atom. The zero-order valence-electron chi connectivity index (χ0n) is 9.39. The Bertz CT molecular complexity index is 714. The molecule has 2 aromatic rings. The highest BCUT2D eigenvalue weighted by molar-refractivity contribution is 7.90. The van der Waals surface area contributed by atoms with Gasteiger partial charge in [0.2, 0.25) is 20.8 Å². The van der Waals surface area contributed by atoms with Gasteiger partial charge in [0.25, 0.3) is 0 Å². The molecule has 2 rings (SSSR count). The molecule has 0 unspecified atom stereocenters. The number of nitro groups is 1. The van der Waals surface area contributed by atoms with Crippen molar-refractivity contribution in [2.24, 2.45) is 7.05 Å². The number of sulfone groups is 1. The molecule has 2 heterocycles. The highest BCUT2D eigenvalue weighted by Crippen LogP contribution is 2.25. The van der Waals surface area contributed by atoms with Gasteiger partial charge in [-0.25, -0.2) is 8.42 Å². The molecule has 0 amide bonds. The van der Waals surface area contributed by atoms with Gasteiger partial charge in [-0.05, 0) is 6.07 Å². The second kappa shape index (κ2) is 3.91. The summed E-state index contributed by atoms with van der Waals surface area (Å²) in [6.45, 7) is 0. The van der Waals surface area contributed by atoms with E-state index in [4.69, 9.17) is 4.42 Å². The van der Waals surface area contributed by atoms with Crippen LogP contribution >= 0.6 is 0 Å². The lowest BCUT2D eigenvalue weighted by Crippen LogP contribution is -2.06. The summed E-state index contributed by atoms with van der Waals surface area (Å²) in [6, 6.07) is 2.48. The summed E-state index contributed by atoms with van der Waals surface area (Å²) in [4.78, 5) is 9.77. The predicted octanol–water partition coefficient (Wildman–Crippen LogP) is 0.387. The summed E-state index contributed by atoms with van der Waals surface area (Å²) < 4.78 is 28.8. The molecule has 0 aliphatic carbocycles. The molecule has 0 spiro atoms. The Labute approximate surface area is 101 Å². The van der Waals surface area contributed by atoms with Crippen LogP contribution in [0.25, 0.3) is 11.6 Å². The zero-order valence-corrected chi connectivity index (χ0v) is 10.2. The highest BCUT2D eigenvalue weighted by Gasteiger charge is 2.22. The molecule has 18 heavy (non-hydrogen) atoms. The third-order valence-corrected chi connectivity index (χ3v) is 3.18. The van der Waals surface area contributed by atoms with Gasteiger partial charge >= 0.3 is 5.88 Å². The van der Waals surface area contributed by atoms with Crippen LogP contribution in [-0.2, 0) is 16.9 Å². The topological polar surface area (TPSA) is 121 Å². The monoisotopic (exact) mass is 272 g/mol. The third-order valence-electron chi connectivity index (χ3n) is 2.16. The van der Waals surface area contributed by atoms with Crippen molar-refractivity contribution in [1.82, 2.24) is 14.8 Å². The predicted molar refractivity (Wildman–Crippen MR) is 58.5 cm³/mol. The quantitative estimate of drug-likeness (QED) is 0.585. The first-order valence-corrected chi connectivity index (χ1v) is 6.54. The van der Waals surface area contributed by atoms with Gasteiger partial charge in [0.05, 0.1) is 6.07 Å². The largest absolute Gasteiger partial charge is 0.433 e. The molecular formula is C8H8N4O5S. The van der Waals surface area contributed by atoms with E-state index >= 15 is 0 Å². The molecule has 0 aliphatic heterocycles. The minimum atomic E-state index is -3.52. The van der Waals surface area contributed by atoms with Crippen molar-refractivity contribution in [2.75, 3.05) is 6.26 Å². The summed E-state index contributed by atoms with van der Waals surface area (Å²) in [6.07, 6.45) is 0.991. The number of hydrogen-bond acceptors (Lipinski definition) is 7. The Kier molecular flexibility index (Phi) is 2.66. The van der Waals surface area contributed by atoms with Gasteiger partial charge in [-0.3, -0.25) is 14.7 Å². The fourth-order valence-electron chi connectivity index (χ4n) is 1.40. The van der Waals surface area contributed by atoms with Crippen LogP contribution in [-0.4, -0.2) is 34.4 Å². The average Bonchev–Trinajstić information content (AvgIpc) is 2.81. The number of rotatable bonds is 3. The van der Waals surface area contributed by atoms with E-state index in [1.165, 1.54) is 17.7 Å². The fraction of sp³-hybridized carbons (Fsp3) is 0.250. The molecule has 0 fully saturated rings. The first-order chi connectivity index (χ1) is 8.30. The Morgan fingerprint density at radius 2 is 2.06 bits per heavy atom. The lowest BCUT2D eigenvalue weighted by molar-refractivity contribution is -0.401. The normalized spacial score (nSPS) is 11.7. The molecule has 2 aromatic heterocycles. The van der Waals surface area contributed by atoms with Crippen LogP contribution in [0.15, 0.2) is 21.7 Å². The molecule has 0 aliphatic rings. The van der Waals surface area contributed by atoms with E-state index in [2.05, 4.69) is 10.2 Å². The van der Waals surface area contributed by atoms with Crippen LogP contribution in [0.2, 0.25) is 0 Å². The van der Waals surface area contributed by atoms with E-state index in [1.54, 1.807) is 0 Å². The molecule has 0 bridgehead atoms. The smallest absolute Gasteiger partial charge is 0.397 e. The van der Waals surface area contributed by atoms with E-state index in [0.717, 1.165) is 12.3 Å². The summed E-state index contributed by atoms with van der Waals surface area (Å²) in [5.41, 5.74) is 0. The zero-order chi connectivity index (χ0) is 13.5. The SMILES string of the molecule is Cn1c(-c2ccc([N+](=O)[O-])o2)nnc1S(C)(=O)=O. The van der Waals surface area contributed by atoms with Crippen molar-refractivity contribution < 1.29 is 17.8 Å². The van der Waals surface area contributed by atoms with Crippen molar-refractivity contribution in [1.29, 1.82) is 0 Å². The lowest BCUT2D eigenvalue weighted by atomic mass is 10.4.